The summed E-state index contributed by atoms with van der Waals surface area (Å²) >= 11 is 0. The van der Waals surface area contributed by atoms with Crippen LogP contribution in [0.4, 0.5) is 0 Å². The normalized spacial score (nSPS) is 11.9. The predicted octanol–water partition coefficient (Wildman–Crippen LogP) is 9.72. The molecule has 0 heterocycles. The number of ether oxygens (including phenoxy) is 1. The van der Waals surface area contributed by atoms with Crippen LogP contribution >= 0.6 is 0 Å². The summed E-state index contributed by atoms with van der Waals surface area (Å²) in [4.78, 5) is 15.4. The van der Waals surface area contributed by atoms with Crippen LogP contribution in [-0.4, -0.2) is 35.5 Å². The van der Waals surface area contributed by atoms with E-state index in [1.807, 2.05) is 71.9 Å². The SMILES string of the molecule is C=C(/C=C(C)/C(C)=C/C(O)=C(\C=NCCC)C(=O)O)c1ccccc1OCC(C)C.CC.CC.CC(C)C. The molecule has 0 aliphatic carbocycles. The number of aliphatic hydroxyl groups is 1. The van der Waals surface area contributed by atoms with Gasteiger partial charge < -0.3 is 14.9 Å². The van der Waals surface area contributed by atoms with Crippen LogP contribution in [-0.2, 0) is 4.79 Å². The highest BCUT2D eigenvalue weighted by atomic mass is 16.5. The lowest BCUT2D eigenvalue weighted by Gasteiger charge is -2.14. The average Bonchev–Trinajstić information content (AvgIpc) is 2.87. The highest BCUT2D eigenvalue weighted by molar-refractivity contribution is 6.09. The Morgan fingerprint density at radius 2 is 1.47 bits per heavy atom. The number of hydrogen-bond donors (Lipinski definition) is 2. The number of allylic oxidation sites excluding steroid dienone is 5. The molecule has 0 radical (unpaired) electrons. The molecule has 0 aliphatic heterocycles. The number of carbonyl (C=O) groups is 1. The van der Waals surface area contributed by atoms with Gasteiger partial charge in [-0.05, 0) is 61.0 Å². The third-order valence-electron chi connectivity index (χ3n) is 4.25. The van der Waals surface area contributed by atoms with E-state index in [0.29, 0.717) is 19.1 Å². The molecular formula is C33H55NO4. The summed E-state index contributed by atoms with van der Waals surface area (Å²) in [5.74, 6) is 0.454. The van der Waals surface area contributed by atoms with Crippen LogP contribution < -0.4 is 4.74 Å². The molecule has 0 saturated carbocycles. The zero-order valence-electron chi connectivity index (χ0n) is 26.2. The van der Waals surface area contributed by atoms with Crippen molar-refractivity contribution in [2.75, 3.05) is 13.2 Å². The van der Waals surface area contributed by atoms with Crippen molar-refractivity contribution in [1.29, 1.82) is 0 Å². The van der Waals surface area contributed by atoms with Crippen LogP contribution in [0.5, 0.6) is 5.75 Å². The first kappa shape index (κ1) is 39.4. The maximum Gasteiger partial charge on any atom is 0.341 e. The summed E-state index contributed by atoms with van der Waals surface area (Å²) in [6.45, 7) is 29.6. The molecule has 0 amide bonds. The molecule has 0 fully saturated rings. The summed E-state index contributed by atoms with van der Waals surface area (Å²) in [5.41, 5.74) is 2.99. The second kappa shape index (κ2) is 24.3. The molecule has 38 heavy (non-hydrogen) atoms. The number of aliphatic carboxylic acids is 1. The van der Waals surface area contributed by atoms with E-state index in [1.165, 1.54) is 12.3 Å². The van der Waals surface area contributed by atoms with E-state index < -0.39 is 5.97 Å². The molecule has 0 saturated heterocycles. The Labute approximate surface area is 233 Å². The van der Waals surface area contributed by atoms with Crippen molar-refractivity contribution in [3.05, 3.63) is 71.0 Å². The minimum absolute atomic E-state index is 0.234. The van der Waals surface area contributed by atoms with E-state index >= 15 is 0 Å². The number of aliphatic imine (C=N–C) groups is 1. The number of rotatable bonds is 11. The number of nitrogens with zero attached hydrogens (tertiary/aromatic N) is 1. The topological polar surface area (TPSA) is 79.1 Å². The van der Waals surface area contributed by atoms with Crippen LogP contribution in [0, 0.1) is 11.8 Å². The number of carboxylic acid groups (broad SMARTS) is 1. The summed E-state index contributed by atoms with van der Waals surface area (Å²) in [7, 11) is 0. The van der Waals surface area contributed by atoms with Crippen LogP contribution in [0.25, 0.3) is 5.57 Å². The summed E-state index contributed by atoms with van der Waals surface area (Å²) in [6.07, 6.45) is 5.32. The lowest BCUT2D eigenvalue weighted by molar-refractivity contribution is -0.132. The van der Waals surface area contributed by atoms with Gasteiger partial charge in [0.1, 0.15) is 17.1 Å². The predicted molar refractivity (Wildman–Crippen MR) is 167 cm³/mol. The summed E-state index contributed by atoms with van der Waals surface area (Å²) in [5, 5.41) is 19.6. The van der Waals surface area contributed by atoms with E-state index in [4.69, 9.17) is 4.74 Å². The van der Waals surface area contributed by atoms with E-state index in [9.17, 15) is 15.0 Å². The van der Waals surface area contributed by atoms with Gasteiger partial charge in [-0.2, -0.15) is 0 Å². The fraction of sp³-hybridized carbons (Fsp3) is 0.515. The Balaban J connectivity index is -0.00000136. The van der Waals surface area contributed by atoms with Gasteiger partial charge >= 0.3 is 5.97 Å². The first-order chi connectivity index (χ1) is 17.9. The number of hydrogen-bond acceptors (Lipinski definition) is 4. The van der Waals surface area contributed by atoms with Gasteiger partial charge in [0.2, 0.25) is 0 Å². The number of aliphatic hydroxyl groups excluding tert-OH is 1. The Morgan fingerprint density at radius 1 is 0.974 bits per heavy atom. The first-order valence-corrected chi connectivity index (χ1v) is 13.8. The Bertz CT molecular complexity index is 916. The molecule has 0 aliphatic rings. The van der Waals surface area contributed by atoms with Gasteiger partial charge in [-0.1, -0.05) is 100 Å². The highest BCUT2D eigenvalue weighted by Crippen LogP contribution is 2.28. The first-order valence-electron chi connectivity index (χ1n) is 13.8. The average molecular weight is 530 g/mol. The van der Waals surface area contributed by atoms with Gasteiger partial charge in [0.15, 0.2) is 0 Å². The summed E-state index contributed by atoms with van der Waals surface area (Å²) in [6, 6.07) is 7.71. The van der Waals surface area contributed by atoms with Gasteiger partial charge in [0.25, 0.3) is 0 Å². The van der Waals surface area contributed by atoms with Gasteiger partial charge in [0.05, 0.1) is 6.61 Å². The standard InChI is InChI=1S/C25H33NO4.C4H10.2C2H6/c1-7-12-26-15-22(25(28)29)23(27)14-19(5)18(4)13-20(6)21-10-8-9-11-24(21)30-16-17(2)3;1-4(2)3;2*1-2/h8-11,13-15,17,27H,6-7,12,16H2,1-5H3,(H,28,29);4H,1-3H3;2*1-2H3/b18-13+,19-14+,23-22-,26-15?;;;. The van der Waals surface area contributed by atoms with Crippen LogP contribution in [0.15, 0.2) is 70.5 Å². The highest BCUT2D eigenvalue weighted by Gasteiger charge is 2.11. The zero-order chi connectivity index (χ0) is 30.3. The van der Waals surface area contributed by atoms with Crippen molar-refractivity contribution in [2.45, 2.75) is 89.5 Å². The smallest absolute Gasteiger partial charge is 0.341 e. The van der Waals surface area contributed by atoms with E-state index in [2.05, 4.69) is 46.2 Å². The quantitative estimate of drug-likeness (QED) is 0.129. The molecule has 0 bridgehead atoms. The number of benzene rings is 1. The van der Waals surface area contributed by atoms with Crippen molar-refractivity contribution >= 4 is 17.8 Å². The largest absolute Gasteiger partial charge is 0.507 e. The number of para-hydroxylation sites is 1. The van der Waals surface area contributed by atoms with Crippen molar-refractivity contribution < 1.29 is 19.7 Å². The van der Waals surface area contributed by atoms with Crippen molar-refractivity contribution in [3.63, 3.8) is 0 Å². The minimum atomic E-state index is -1.22. The van der Waals surface area contributed by atoms with E-state index in [1.54, 1.807) is 6.92 Å². The Morgan fingerprint density at radius 3 is 1.95 bits per heavy atom. The monoisotopic (exact) mass is 529 g/mol. The zero-order valence-corrected chi connectivity index (χ0v) is 26.2. The molecule has 5 nitrogen and oxygen atoms in total. The van der Waals surface area contributed by atoms with Gasteiger partial charge in [-0.25, -0.2) is 4.79 Å². The van der Waals surface area contributed by atoms with Crippen molar-refractivity contribution in [2.24, 2.45) is 16.8 Å². The molecule has 1 rings (SSSR count). The van der Waals surface area contributed by atoms with Gasteiger partial charge in [0, 0.05) is 18.3 Å². The molecule has 1 aromatic carbocycles. The van der Waals surface area contributed by atoms with Gasteiger partial charge in [-0.15, -0.1) is 0 Å². The molecule has 216 valence electrons. The maximum absolute atomic E-state index is 11.4. The van der Waals surface area contributed by atoms with Crippen molar-refractivity contribution in [3.8, 4) is 5.75 Å². The lowest BCUT2D eigenvalue weighted by atomic mass is 10.00. The molecular weight excluding hydrogens is 474 g/mol. The fourth-order valence-corrected chi connectivity index (χ4v) is 2.48. The van der Waals surface area contributed by atoms with Gasteiger partial charge in [-0.3, -0.25) is 4.99 Å². The van der Waals surface area contributed by atoms with E-state index in [0.717, 1.165) is 40.4 Å². The third kappa shape index (κ3) is 19.1. The maximum atomic E-state index is 11.4. The third-order valence-corrected chi connectivity index (χ3v) is 4.25. The Kier molecular flexibility index (Phi) is 25.2. The molecule has 0 aromatic heterocycles. The molecule has 1 aromatic rings. The molecule has 0 spiro atoms. The van der Waals surface area contributed by atoms with Crippen LogP contribution in [0.2, 0.25) is 0 Å². The summed E-state index contributed by atoms with van der Waals surface area (Å²) < 4.78 is 5.90. The van der Waals surface area contributed by atoms with E-state index in [-0.39, 0.29) is 11.3 Å². The number of carboxylic acids is 1. The van der Waals surface area contributed by atoms with Crippen molar-refractivity contribution in [1.82, 2.24) is 0 Å². The second-order valence-corrected chi connectivity index (χ2v) is 9.25. The minimum Gasteiger partial charge on any atom is -0.507 e. The fourth-order valence-electron chi connectivity index (χ4n) is 2.48. The lowest BCUT2D eigenvalue weighted by Crippen LogP contribution is -2.06. The van der Waals surface area contributed by atoms with Crippen LogP contribution in [0.1, 0.15) is 95.1 Å². The molecule has 5 heteroatoms. The molecule has 0 unspecified atom stereocenters. The molecule has 2 N–H and O–H groups in total. The van der Waals surface area contributed by atoms with Crippen LogP contribution in [0.3, 0.4) is 0 Å². The Hall–Kier alpha value is -3.08. The second-order valence-electron chi connectivity index (χ2n) is 9.25. The molecule has 0 atom stereocenters.